The molecule has 1 aromatic heterocycles. The Kier molecular flexibility index (Phi) is 2.23. The van der Waals surface area contributed by atoms with Gasteiger partial charge in [-0.2, -0.15) is 0 Å². The van der Waals surface area contributed by atoms with Crippen LogP contribution in [-0.2, 0) is 0 Å². The monoisotopic (exact) mass is 188 g/mol. The normalized spacial score (nSPS) is 10.4. The quantitative estimate of drug-likeness (QED) is 0.786. The van der Waals surface area contributed by atoms with Gasteiger partial charge in [0.25, 0.3) is 0 Å². The predicted molar refractivity (Wildman–Crippen MR) is 57.3 cm³/mol. The number of rotatable bonds is 2. The van der Waals surface area contributed by atoms with Gasteiger partial charge in [0.05, 0.1) is 6.61 Å². The van der Waals surface area contributed by atoms with Crippen LogP contribution >= 0.6 is 0 Å². The van der Waals surface area contributed by atoms with Gasteiger partial charge in [-0.15, -0.1) is 0 Å². The number of fused-ring (bicyclic) bond motifs is 1. The highest BCUT2D eigenvalue weighted by atomic mass is 16.5. The van der Waals surface area contributed by atoms with Crippen molar-refractivity contribution < 1.29 is 4.74 Å². The molecule has 2 N–H and O–H groups in total. The molecule has 0 aliphatic carbocycles. The highest BCUT2D eigenvalue weighted by Gasteiger charge is 1.99. The number of anilines is 1. The Hall–Kier alpha value is -1.77. The number of nitrogens with two attached hydrogens (primary N) is 1. The van der Waals surface area contributed by atoms with Crippen molar-refractivity contribution in [2.45, 2.75) is 6.92 Å². The zero-order chi connectivity index (χ0) is 9.97. The Bertz CT molecular complexity index is 454. The van der Waals surface area contributed by atoms with Gasteiger partial charge >= 0.3 is 0 Å². The molecule has 72 valence electrons. The van der Waals surface area contributed by atoms with Crippen LogP contribution in [0.2, 0.25) is 0 Å². The highest BCUT2D eigenvalue weighted by Crippen LogP contribution is 2.23. The fourth-order valence-electron chi connectivity index (χ4n) is 1.44. The summed E-state index contributed by atoms with van der Waals surface area (Å²) in [6, 6.07) is 7.73. The molecule has 0 aliphatic rings. The average Bonchev–Trinajstić information content (AvgIpc) is 2.18. The van der Waals surface area contributed by atoms with Crippen LogP contribution in [0.3, 0.4) is 0 Å². The fraction of sp³-hybridized carbons (Fsp3) is 0.182. The third kappa shape index (κ3) is 1.48. The van der Waals surface area contributed by atoms with Crippen LogP contribution in [0.25, 0.3) is 10.8 Å². The van der Waals surface area contributed by atoms with E-state index < -0.39 is 0 Å². The van der Waals surface area contributed by atoms with E-state index in [9.17, 15) is 0 Å². The second-order valence-corrected chi connectivity index (χ2v) is 3.01. The molecule has 3 heteroatoms. The lowest BCUT2D eigenvalue weighted by atomic mass is 10.1. The lowest BCUT2D eigenvalue weighted by Gasteiger charge is -2.05. The molecule has 0 aliphatic heterocycles. The molecule has 14 heavy (non-hydrogen) atoms. The summed E-state index contributed by atoms with van der Waals surface area (Å²) in [6.45, 7) is 2.64. The van der Waals surface area contributed by atoms with E-state index in [4.69, 9.17) is 10.5 Å². The minimum absolute atomic E-state index is 0.561. The average molecular weight is 188 g/mol. The van der Waals surface area contributed by atoms with Crippen LogP contribution < -0.4 is 10.5 Å². The van der Waals surface area contributed by atoms with E-state index in [1.165, 1.54) is 0 Å². The van der Waals surface area contributed by atoms with Gasteiger partial charge < -0.3 is 10.5 Å². The van der Waals surface area contributed by atoms with Crippen LogP contribution in [0, 0.1) is 0 Å². The van der Waals surface area contributed by atoms with Crippen molar-refractivity contribution >= 4 is 16.6 Å². The molecule has 0 unspecified atom stereocenters. The lowest BCUT2D eigenvalue weighted by Crippen LogP contribution is -1.93. The molecule has 0 spiro atoms. The fourth-order valence-corrected chi connectivity index (χ4v) is 1.44. The molecule has 0 bridgehead atoms. The SMILES string of the molecule is CCOc1ccc2c(N)nccc2c1. The summed E-state index contributed by atoms with van der Waals surface area (Å²) in [5.41, 5.74) is 5.73. The van der Waals surface area contributed by atoms with Crippen molar-refractivity contribution in [3.63, 3.8) is 0 Å². The second kappa shape index (κ2) is 3.54. The Morgan fingerprint density at radius 3 is 3.00 bits per heavy atom. The summed E-state index contributed by atoms with van der Waals surface area (Å²) in [6.07, 6.45) is 1.70. The molecule has 1 aromatic carbocycles. The first kappa shape index (κ1) is 8.81. The van der Waals surface area contributed by atoms with Crippen LogP contribution in [0.4, 0.5) is 5.82 Å². The first-order valence-corrected chi connectivity index (χ1v) is 4.58. The molecule has 0 fully saturated rings. The van der Waals surface area contributed by atoms with E-state index in [2.05, 4.69) is 4.98 Å². The van der Waals surface area contributed by atoms with Crippen LogP contribution in [0.5, 0.6) is 5.75 Å². The maximum atomic E-state index is 5.73. The van der Waals surface area contributed by atoms with Crippen molar-refractivity contribution in [1.82, 2.24) is 4.98 Å². The number of benzene rings is 1. The number of aromatic nitrogens is 1. The molecule has 0 saturated carbocycles. The van der Waals surface area contributed by atoms with Crippen LogP contribution in [0.1, 0.15) is 6.92 Å². The molecule has 2 rings (SSSR count). The van der Waals surface area contributed by atoms with E-state index >= 15 is 0 Å². The number of nitrogens with zero attached hydrogens (tertiary/aromatic N) is 1. The van der Waals surface area contributed by atoms with Crippen molar-refractivity contribution in [2.24, 2.45) is 0 Å². The summed E-state index contributed by atoms with van der Waals surface area (Å²) in [4.78, 5) is 4.02. The highest BCUT2D eigenvalue weighted by molar-refractivity contribution is 5.91. The largest absolute Gasteiger partial charge is 0.494 e. The van der Waals surface area contributed by atoms with Crippen LogP contribution in [-0.4, -0.2) is 11.6 Å². The minimum Gasteiger partial charge on any atom is -0.494 e. The lowest BCUT2D eigenvalue weighted by molar-refractivity contribution is 0.341. The van der Waals surface area contributed by atoms with Gasteiger partial charge in [0.15, 0.2) is 0 Å². The summed E-state index contributed by atoms with van der Waals surface area (Å²) in [5.74, 6) is 1.43. The van der Waals surface area contributed by atoms with E-state index in [1.54, 1.807) is 6.20 Å². The maximum absolute atomic E-state index is 5.73. The summed E-state index contributed by atoms with van der Waals surface area (Å²) >= 11 is 0. The van der Waals surface area contributed by atoms with E-state index in [0.717, 1.165) is 16.5 Å². The van der Waals surface area contributed by atoms with Gasteiger partial charge in [0.1, 0.15) is 11.6 Å². The molecule has 2 aromatic rings. The van der Waals surface area contributed by atoms with Crippen molar-refractivity contribution in [1.29, 1.82) is 0 Å². The topological polar surface area (TPSA) is 48.1 Å². The smallest absolute Gasteiger partial charge is 0.131 e. The zero-order valence-corrected chi connectivity index (χ0v) is 8.03. The summed E-state index contributed by atoms with van der Waals surface area (Å²) < 4.78 is 5.39. The number of ether oxygens (including phenoxy) is 1. The molecule has 0 radical (unpaired) electrons. The van der Waals surface area contributed by atoms with E-state index in [1.807, 2.05) is 31.2 Å². The number of pyridine rings is 1. The maximum Gasteiger partial charge on any atom is 0.131 e. The summed E-state index contributed by atoms with van der Waals surface area (Å²) in [7, 11) is 0. The first-order chi connectivity index (χ1) is 6.81. The molecule has 1 heterocycles. The minimum atomic E-state index is 0.561. The van der Waals surface area contributed by atoms with Crippen LogP contribution in [0.15, 0.2) is 30.5 Å². The molecule has 0 amide bonds. The zero-order valence-electron chi connectivity index (χ0n) is 8.03. The summed E-state index contributed by atoms with van der Waals surface area (Å²) in [5, 5.41) is 2.03. The number of hydrogen-bond donors (Lipinski definition) is 1. The molecule has 0 saturated heterocycles. The van der Waals surface area contributed by atoms with Gasteiger partial charge in [-0.1, -0.05) is 0 Å². The Morgan fingerprint density at radius 2 is 2.21 bits per heavy atom. The predicted octanol–water partition coefficient (Wildman–Crippen LogP) is 2.22. The van der Waals surface area contributed by atoms with Crippen molar-refractivity contribution in [2.75, 3.05) is 12.3 Å². The molecular weight excluding hydrogens is 176 g/mol. The van der Waals surface area contributed by atoms with Crippen molar-refractivity contribution in [3.05, 3.63) is 30.5 Å². The Balaban J connectivity index is 2.56. The third-order valence-electron chi connectivity index (χ3n) is 2.08. The molecular formula is C11H12N2O. The van der Waals surface area contributed by atoms with Crippen molar-refractivity contribution in [3.8, 4) is 5.75 Å². The van der Waals surface area contributed by atoms with Gasteiger partial charge in [-0.3, -0.25) is 0 Å². The van der Waals surface area contributed by atoms with Gasteiger partial charge in [0.2, 0.25) is 0 Å². The number of hydrogen-bond acceptors (Lipinski definition) is 3. The third-order valence-corrected chi connectivity index (χ3v) is 2.08. The van der Waals surface area contributed by atoms with E-state index in [-0.39, 0.29) is 0 Å². The second-order valence-electron chi connectivity index (χ2n) is 3.01. The first-order valence-electron chi connectivity index (χ1n) is 4.58. The Morgan fingerprint density at radius 1 is 1.36 bits per heavy atom. The Labute approximate surface area is 82.5 Å². The van der Waals surface area contributed by atoms with E-state index in [0.29, 0.717) is 12.4 Å². The molecule has 0 atom stereocenters. The van der Waals surface area contributed by atoms with Gasteiger partial charge in [-0.25, -0.2) is 4.98 Å². The van der Waals surface area contributed by atoms with Gasteiger partial charge in [-0.05, 0) is 36.6 Å². The standard InChI is InChI=1S/C11H12N2O/c1-2-14-9-3-4-10-8(7-9)5-6-13-11(10)12/h3-7H,2H2,1H3,(H2,12,13). The number of nitrogen functional groups attached to an aromatic ring is 1. The van der Waals surface area contributed by atoms with Gasteiger partial charge in [0, 0.05) is 11.6 Å². The molecule has 3 nitrogen and oxygen atoms in total.